The van der Waals surface area contributed by atoms with Crippen LogP contribution in [0, 0.1) is 5.82 Å². The van der Waals surface area contributed by atoms with Crippen LogP contribution in [0.25, 0.3) is 0 Å². The highest BCUT2D eigenvalue weighted by molar-refractivity contribution is 7.89. The van der Waals surface area contributed by atoms with Gasteiger partial charge in [-0.2, -0.15) is 8.78 Å². The van der Waals surface area contributed by atoms with Crippen molar-refractivity contribution in [1.29, 1.82) is 0 Å². The molecule has 0 bridgehead atoms. The van der Waals surface area contributed by atoms with E-state index in [2.05, 4.69) is 4.99 Å². The molecule has 0 unspecified atom stereocenters. The standard InChI is InChI=1S/C13H15F3N4O3S/c1-13(6-24(22,23)20(2)12(17)19-13)8-5-7(3-4-9(8)14)18-11(21)10(15)16/h3-5,10H,6H2,1-2H3,(H2,17,19)(H,18,21)/t13-/m0/s1. The fraction of sp³-hybridized carbons (Fsp3) is 0.385. The number of carbonyl (C=O) groups excluding carboxylic acids is 1. The molecule has 0 fully saturated rings. The predicted molar refractivity (Wildman–Crippen MR) is 81.6 cm³/mol. The Morgan fingerprint density at radius 2 is 2.08 bits per heavy atom. The number of carbonyl (C=O) groups is 1. The van der Waals surface area contributed by atoms with Crippen LogP contribution in [-0.2, 0) is 20.4 Å². The van der Waals surface area contributed by atoms with Crippen LogP contribution in [-0.4, -0.2) is 43.8 Å². The van der Waals surface area contributed by atoms with Crippen LogP contribution in [0.2, 0.25) is 0 Å². The first-order chi connectivity index (χ1) is 11.0. The summed E-state index contributed by atoms with van der Waals surface area (Å²) in [6, 6.07) is 3.07. The molecular formula is C13H15F3N4O3S. The number of sulfonamides is 1. The number of benzene rings is 1. The van der Waals surface area contributed by atoms with E-state index in [1.54, 1.807) is 0 Å². The van der Waals surface area contributed by atoms with Crippen molar-refractivity contribution in [2.45, 2.75) is 18.9 Å². The Morgan fingerprint density at radius 1 is 1.46 bits per heavy atom. The summed E-state index contributed by atoms with van der Waals surface area (Å²) in [5, 5.41) is 1.91. The molecule has 1 aromatic carbocycles. The number of nitrogens with zero attached hydrogens (tertiary/aromatic N) is 2. The monoisotopic (exact) mass is 364 g/mol. The third-order valence-corrected chi connectivity index (χ3v) is 5.53. The number of hydrogen-bond acceptors (Lipinski definition) is 5. The van der Waals surface area contributed by atoms with Gasteiger partial charge in [-0.3, -0.25) is 4.79 Å². The summed E-state index contributed by atoms with van der Waals surface area (Å²) in [5.41, 5.74) is 3.72. The summed E-state index contributed by atoms with van der Waals surface area (Å²) in [6.45, 7) is 1.35. The molecule has 1 aliphatic heterocycles. The molecule has 3 N–H and O–H groups in total. The van der Waals surface area contributed by atoms with Crippen molar-refractivity contribution < 1.29 is 26.4 Å². The van der Waals surface area contributed by atoms with Crippen molar-refractivity contribution >= 4 is 27.6 Å². The van der Waals surface area contributed by atoms with Gasteiger partial charge in [-0.15, -0.1) is 0 Å². The number of nitrogens with two attached hydrogens (primary N) is 1. The first-order valence-corrected chi connectivity index (χ1v) is 8.28. The van der Waals surface area contributed by atoms with Crippen molar-refractivity contribution in [3.05, 3.63) is 29.6 Å². The van der Waals surface area contributed by atoms with Crippen LogP contribution >= 0.6 is 0 Å². The Balaban J connectivity index is 2.50. The van der Waals surface area contributed by atoms with Crippen molar-refractivity contribution in [2.75, 3.05) is 18.1 Å². The van der Waals surface area contributed by atoms with Gasteiger partial charge in [0.25, 0.3) is 5.91 Å². The summed E-state index contributed by atoms with van der Waals surface area (Å²) < 4.78 is 63.8. The number of anilines is 1. The molecule has 0 saturated carbocycles. The second kappa shape index (κ2) is 5.96. The number of nitrogens with one attached hydrogen (secondary N) is 1. The minimum atomic E-state index is -3.83. The molecule has 0 aliphatic carbocycles. The zero-order valence-electron chi connectivity index (χ0n) is 12.8. The summed E-state index contributed by atoms with van der Waals surface area (Å²) in [7, 11) is -2.62. The van der Waals surface area contributed by atoms with Gasteiger partial charge in [-0.25, -0.2) is 22.1 Å². The smallest absolute Gasteiger partial charge is 0.315 e. The topological polar surface area (TPSA) is 105 Å². The maximum atomic E-state index is 14.2. The Hall–Kier alpha value is -2.30. The molecular weight excluding hydrogens is 349 g/mol. The highest BCUT2D eigenvalue weighted by Gasteiger charge is 2.41. The first-order valence-electron chi connectivity index (χ1n) is 6.67. The van der Waals surface area contributed by atoms with Crippen molar-refractivity contribution in [2.24, 2.45) is 10.7 Å². The lowest BCUT2D eigenvalue weighted by Crippen LogP contribution is -2.50. The van der Waals surface area contributed by atoms with E-state index in [1.165, 1.54) is 14.0 Å². The Kier molecular flexibility index (Phi) is 4.48. The minimum Gasteiger partial charge on any atom is -0.369 e. The van der Waals surface area contributed by atoms with Gasteiger partial charge in [0.15, 0.2) is 0 Å². The van der Waals surface area contributed by atoms with Crippen LogP contribution in [0.1, 0.15) is 12.5 Å². The van der Waals surface area contributed by atoms with Crippen LogP contribution in [0.15, 0.2) is 23.2 Å². The average molecular weight is 364 g/mol. The Bertz CT molecular complexity index is 813. The minimum absolute atomic E-state index is 0.108. The summed E-state index contributed by atoms with van der Waals surface area (Å²) in [6.07, 6.45) is -3.24. The third-order valence-electron chi connectivity index (χ3n) is 3.58. The van der Waals surface area contributed by atoms with E-state index in [0.717, 1.165) is 22.5 Å². The lowest BCUT2D eigenvalue weighted by Gasteiger charge is -2.34. The van der Waals surface area contributed by atoms with Crippen LogP contribution in [0.5, 0.6) is 0 Å². The fourth-order valence-electron chi connectivity index (χ4n) is 2.30. The lowest BCUT2D eigenvalue weighted by atomic mass is 9.93. The lowest BCUT2D eigenvalue weighted by molar-refractivity contribution is -0.126. The van der Waals surface area contributed by atoms with E-state index in [4.69, 9.17) is 5.73 Å². The van der Waals surface area contributed by atoms with Gasteiger partial charge >= 0.3 is 6.43 Å². The highest BCUT2D eigenvalue weighted by Crippen LogP contribution is 2.34. The molecule has 1 amide bonds. The molecule has 7 nitrogen and oxygen atoms in total. The van der Waals surface area contributed by atoms with E-state index < -0.39 is 39.5 Å². The van der Waals surface area contributed by atoms with Gasteiger partial charge in [0, 0.05) is 18.3 Å². The number of amides is 1. The molecule has 0 aromatic heterocycles. The van der Waals surface area contributed by atoms with E-state index in [0.29, 0.717) is 0 Å². The molecule has 1 aromatic rings. The molecule has 1 aliphatic rings. The molecule has 1 heterocycles. The molecule has 1 atom stereocenters. The third kappa shape index (κ3) is 3.30. The molecule has 0 saturated heterocycles. The molecule has 2 rings (SSSR count). The molecule has 0 spiro atoms. The largest absolute Gasteiger partial charge is 0.369 e. The zero-order chi connectivity index (χ0) is 18.3. The van der Waals surface area contributed by atoms with Gasteiger partial charge in [-0.1, -0.05) is 0 Å². The van der Waals surface area contributed by atoms with E-state index >= 15 is 0 Å². The van der Waals surface area contributed by atoms with Crippen molar-refractivity contribution in [1.82, 2.24) is 4.31 Å². The van der Waals surface area contributed by atoms with Crippen LogP contribution < -0.4 is 11.1 Å². The number of guanidine groups is 1. The van der Waals surface area contributed by atoms with E-state index in [9.17, 15) is 26.4 Å². The Morgan fingerprint density at radius 3 is 2.62 bits per heavy atom. The van der Waals surface area contributed by atoms with Gasteiger partial charge in [-0.05, 0) is 25.1 Å². The number of rotatable bonds is 3. The maximum Gasteiger partial charge on any atom is 0.315 e. The van der Waals surface area contributed by atoms with Crippen LogP contribution in [0.3, 0.4) is 0 Å². The number of aliphatic imine (C=N–C) groups is 1. The van der Waals surface area contributed by atoms with Gasteiger partial charge in [0.1, 0.15) is 11.4 Å². The van der Waals surface area contributed by atoms with Crippen molar-refractivity contribution in [3.63, 3.8) is 0 Å². The predicted octanol–water partition coefficient (Wildman–Crippen LogP) is 0.834. The second-order valence-corrected chi connectivity index (χ2v) is 7.45. The first kappa shape index (κ1) is 18.0. The average Bonchev–Trinajstić information content (AvgIpc) is 2.46. The quantitative estimate of drug-likeness (QED) is 0.829. The summed E-state index contributed by atoms with van der Waals surface area (Å²) in [5.74, 6) is -3.26. The second-order valence-electron chi connectivity index (χ2n) is 5.45. The summed E-state index contributed by atoms with van der Waals surface area (Å²) >= 11 is 0. The maximum absolute atomic E-state index is 14.2. The molecule has 132 valence electrons. The van der Waals surface area contributed by atoms with Gasteiger partial charge in [0.2, 0.25) is 16.0 Å². The number of alkyl halides is 2. The van der Waals surface area contributed by atoms with Crippen LogP contribution in [0.4, 0.5) is 18.9 Å². The number of hydrogen-bond donors (Lipinski definition) is 2. The van der Waals surface area contributed by atoms with E-state index in [1.807, 2.05) is 5.32 Å². The van der Waals surface area contributed by atoms with Crippen molar-refractivity contribution in [3.8, 4) is 0 Å². The summed E-state index contributed by atoms with van der Waals surface area (Å²) in [4.78, 5) is 15.1. The number of halogens is 3. The SMILES string of the molecule is CN1C(N)=N[C@](C)(c2cc(NC(=O)C(F)F)ccc2F)CS1(=O)=O. The van der Waals surface area contributed by atoms with E-state index in [-0.39, 0.29) is 17.2 Å². The molecule has 24 heavy (non-hydrogen) atoms. The zero-order valence-corrected chi connectivity index (χ0v) is 13.6. The van der Waals surface area contributed by atoms with Gasteiger partial charge in [0.05, 0.1) is 5.75 Å². The van der Waals surface area contributed by atoms with Gasteiger partial charge < -0.3 is 11.1 Å². The highest BCUT2D eigenvalue weighted by atomic mass is 32.2. The normalized spacial score (nSPS) is 23.1. The Labute approximate surface area is 136 Å². The molecule has 11 heteroatoms. The fourth-order valence-corrected chi connectivity index (χ4v) is 3.75. The molecule has 0 radical (unpaired) electrons.